The van der Waals surface area contributed by atoms with Gasteiger partial charge in [-0.05, 0) is 49.1 Å². The Morgan fingerprint density at radius 1 is 0.938 bits per heavy atom. The van der Waals surface area contributed by atoms with E-state index in [1.54, 1.807) is 43.5 Å². The van der Waals surface area contributed by atoms with Crippen LogP contribution in [0.4, 0.5) is 11.4 Å². The molecule has 0 radical (unpaired) electrons. The van der Waals surface area contributed by atoms with Gasteiger partial charge in [-0.3, -0.25) is 13.9 Å². The van der Waals surface area contributed by atoms with Crippen molar-refractivity contribution >= 4 is 28.3 Å². The summed E-state index contributed by atoms with van der Waals surface area (Å²) in [6.07, 6.45) is 3.64. The summed E-state index contributed by atoms with van der Waals surface area (Å²) >= 11 is 0. The highest BCUT2D eigenvalue weighted by molar-refractivity contribution is 5.99. The van der Waals surface area contributed by atoms with Crippen LogP contribution in [0.15, 0.2) is 35.1 Å². The van der Waals surface area contributed by atoms with E-state index in [1.165, 1.54) is 6.42 Å². The lowest BCUT2D eigenvalue weighted by Gasteiger charge is -2.30. The molecule has 1 aliphatic rings. The Morgan fingerprint density at radius 2 is 1.59 bits per heavy atom. The number of carbonyl (C=O) groups excluding carboxylic acids is 1. The highest BCUT2D eigenvalue weighted by Gasteiger charge is 2.20. The Morgan fingerprint density at radius 3 is 2.25 bits per heavy atom. The van der Waals surface area contributed by atoms with Gasteiger partial charge in [-0.25, -0.2) is 4.79 Å². The Kier molecular flexibility index (Phi) is 6.12. The number of nitrogens with one attached hydrogen (secondary N) is 1. The summed E-state index contributed by atoms with van der Waals surface area (Å²) in [4.78, 5) is 27.8. The number of ether oxygens (including phenoxy) is 2. The SMILES string of the molecule is COc1ccc(CC(=O)Nc2cc3c(cc2N2CCCCC2)n(C)c(=O)n3C)cc1OC. The fourth-order valence-corrected chi connectivity index (χ4v) is 4.40. The summed E-state index contributed by atoms with van der Waals surface area (Å²) in [6, 6.07) is 9.40. The van der Waals surface area contributed by atoms with Gasteiger partial charge in [0.25, 0.3) is 0 Å². The number of hydrogen-bond donors (Lipinski definition) is 1. The van der Waals surface area contributed by atoms with Crippen LogP contribution in [-0.2, 0) is 25.3 Å². The van der Waals surface area contributed by atoms with Crippen molar-refractivity contribution in [1.29, 1.82) is 0 Å². The largest absolute Gasteiger partial charge is 0.493 e. The van der Waals surface area contributed by atoms with E-state index in [9.17, 15) is 9.59 Å². The summed E-state index contributed by atoms with van der Waals surface area (Å²) in [5.74, 6) is 1.09. The average Bonchev–Trinajstić information content (AvgIpc) is 3.02. The molecule has 0 bridgehead atoms. The van der Waals surface area contributed by atoms with Crippen molar-refractivity contribution in [3.63, 3.8) is 0 Å². The lowest BCUT2D eigenvalue weighted by atomic mass is 10.1. The lowest BCUT2D eigenvalue weighted by Crippen LogP contribution is -2.30. The third kappa shape index (κ3) is 4.04. The monoisotopic (exact) mass is 438 g/mol. The summed E-state index contributed by atoms with van der Waals surface area (Å²) in [7, 11) is 6.69. The number of fused-ring (bicyclic) bond motifs is 1. The van der Waals surface area contributed by atoms with Crippen LogP contribution in [0.2, 0.25) is 0 Å². The zero-order chi connectivity index (χ0) is 22.8. The molecule has 3 aromatic rings. The van der Waals surface area contributed by atoms with Crippen LogP contribution >= 0.6 is 0 Å². The molecule has 1 fully saturated rings. The smallest absolute Gasteiger partial charge is 0.328 e. The summed E-state index contributed by atoms with van der Waals surface area (Å²) < 4.78 is 13.9. The van der Waals surface area contributed by atoms with E-state index in [-0.39, 0.29) is 18.0 Å². The molecule has 2 heterocycles. The third-order valence-electron chi connectivity index (χ3n) is 6.17. The molecule has 1 aliphatic heterocycles. The maximum absolute atomic E-state index is 13.0. The molecule has 0 aliphatic carbocycles. The van der Waals surface area contributed by atoms with Crippen LogP contribution in [0.1, 0.15) is 24.8 Å². The van der Waals surface area contributed by atoms with Crippen molar-refractivity contribution in [2.24, 2.45) is 14.1 Å². The van der Waals surface area contributed by atoms with Gasteiger partial charge < -0.3 is 19.7 Å². The van der Waals surface area contributed by atoms with Gasteiger partial charge in [-0.15, -0.1) is 0 Å². The first-order valence-corrected chi connectivity index (χ1v) is 10.9. The fraction of sp³-hybridized carbons (Fsp3) is 0.417. The van der Waals surface area contributed by atoms with Gasteiger partial charge in [-0.1, -0.05) is 6.07 Å². The number of aryl methyl sites for hydroxylation is 2. The van der Waals surface area contributed by atoms with Crippen molar-refractivity contribution in [2.75, 3.05) is 37.5 Å². The second kappa shape index (κ2) is 8.98. The van der Waals surface area contributed by atoms with Crippen LogP contribution < -0.4 is 25.4 Å². The molecule has 1 amide bonds. The fourth-order valence-electron chi connectivity index (χ4n) is 4.40. The topological polar surface area (TPSA) is 77.7 Å². The molecular weight excluding hydrogens is 408 g/mol. The number of hydrogen-bond acceptors (Lipinski definition) is 5. The van der Waals surface area contributed by atoms with E-state index in [4.69, 9.17) is 9.47 Å². The second-order valence-corrected chi connectivity index (χ2v) is 8.22. The van der Waals surface area contributed by atoms with Gasteiger partial charge in [0.2, 0.25) is 5.91 Å². The van der Waals surface area contributed by atoms with Crippen LogP contribution in [0.25, 0.3) is 11.0 Å². The molecule has 1 N–H and O–H groups in total. The van der Waals surface area contributed by atoms with Gasteiger partial charge in [0.15, 0.2) is 11.5 Å². The molecule has 32 heavy (non-hydrogen) atoms. The maximum atomic E-state index is 13.0. The predicted octanol–water partition coefficient (Wildman–Crippen LogP) is 3.07. The van der Waals surface area contributed by atoms with Crippen LogP contribution in [0.3, 0.4) is 0 Å². The van der Waals surface area contributed by atoms with Crippen molar-refractivity contribution in [1.82, 2.24) is 9.13 Å². The molecular formula is C24H30N4O4. The Labute approximate surface area is 187 Å². The predicted molar refractivity (Wildman–Crippen MR) is 126 cm³/mol. The number of imidazole rings is 1. The van der Waals surface area contributed by atoms with E-state index in [0.29, 0.717) is 11.5 Å². The second-order valence-electron chi connectivity index (χ2n) is 8.22. The van der Waals surface area contributed by atoms with Gasteiger partial charge in [-0.2, -0.15) is 0 Å². The van der Waals surface area contributed by atoms with Gasteiger partial charge in [0.05, 0.1) is 43.0 Å². The number of nitrogens with zero attached hydrogens (tertiary/aromatic N) is 3. The molecule has 8 nitrogen and oxygen atoms in total. The first-order chi connectivity index (χ1) is 15.4. The van der Waals surface area contributed by atoms with Crippen molar-refractivity contribution in [3.05, 3.63) is 46.4 Å². The third-order valence-corrected chi connectivity index (χ3v) is 6.17. The average molecular weight is 439 g/mol. The van der Waals surface area contributed by atoms with Crippen molar-refractivity contribution in [2.45, 2.75) is 25.7 Å². The molecule has 0 atom stereocenters. The quantitative estimate of drug-likeness (QED) is 0.640. The number of methoxy groups -OCH3 is 2. The maximum Gasteiger partial charge on any atom is 0.328 e. The normalized spacial score (nSPS) is 13.9. The highest BCUT2D eigenvalue weighted by atomic mass is 16.5. The number of piperidine rings is 1. The van der Waals surface area contributed by atoms with Gasteiger partial charge in [0.1, 0.15) is 0 Å². The first kappa shape index (κ1) is 21.8. The minimum Gasteiger partial charge on any atom is -0.493 e. The van der Waals surface area contributed by atoms with E-state index in [2.05, 4.69) is 10.2 Å². The number of amides is 1. The van der Waals surface area contributed by atoms with Gasteiger partial charge in [0, 0.05) is 27.2 Å². The molecule has 0 spiro atoms. The summed E-state index contributed by atoms with van der Waals surface area (Å²) in [6.45, 7) is 1.87. The van der Waals surface area contributed by atoms with Crippen molar-refractivity contribution in [3.8, 4) is 11.5 Å². The van der Waals surface area contributed by atoms with Crippen LogP contribution in [0.5, 0.6) is 11.5 Å². The Balaban J connectivity index is 1.67. The van der Waals surface area contributed by atoms with E-state index in [1.807, 2.05) is 24.3 Å². The molecule has 4 rings (SSSR count). The van der Waals surface area contributed by atoms with E-state index in [0.717, 1.165) is 53.9 Å². The van der Waals surface area contributed by atoms with Crippen molar-refractivity contribution < 1.29 is 14.3 Å². The molecule has 1 aromatic heterocycles. The minimum atomic E-state index is -0.129. The minimum absolute atomic E-state index is 0.0848. The molecule has 0 saturated carbocycles. The zero-order valence-corrected chi connectivity index (χ0v) is 19.1. The molecule has 0 unspecified atom stereocenters. The Bertz CT molecular complexity index is 1200. The van der Waals surface area contributed by atoms with E-state index < -0.39 is 0 Å². The highest BCUT2D eigenvalue weighted by Crippen LogP contribution is 2.33. The standard InChI is InChI=1S/C24H30N4O4/c1-26-19-14-17(25-23(29)13-16-8-9-21(31-3)22(12-16)32-4)18(28-10-6-5-7-11-28)15-20(19)27(2)24(26)30/h8-9,12,14-15H,5-7,10-11,13H2,1-4H3,(H,25,29). The number of aromatic nitrogens is 2. The van der Waals surface area contributed by atoms with Crippen LogP contribution in [-0.4, -0.2) is 42.4 Å². The van der Waals surface area contributed by atoms with Gasteiger partial charge >= 0.3 is 5.69 Å². The number of anilines is 2. The zero-order valence-electron chi connectivity index (χ0n) is 19.1. The molecule has 1 saturated heterocycles. The first-order valence-electron chi connectivity index (χ1n) is 10.9. The number of benzene rings is 2. The lowest BCUT2D eigenvalue weighted by molar-refractivity contribution is -0.115. The van der Waals surface area contributed by atoms with Crippen LogP contribution in [0, 0.1) is 0 Å². The number of carbonyl (C=O) groups is 1. The summed E-state index contributed by atoms with van der Waals surface area (Å²) in [5, 5.41) is 3.09. The van der Waals surface area contributed by atoms with E-state index >= 15 is 0 Å². The molecule has 8 heteroatoms. The number of rotatable bonds is 6. The molecule has 2 aromatic carbocycles. The molecule has 170 valence electrons. The summed E-state index contributed by atoms with van der Waals surface area (Å²) in [5.41, 5.74) is 4.08. The Hall–Kier alpha value is -3.42.